The summed E-state index contributed by atoms with van der Waals surface area (Å²) in [6, 6.07) is 4.59. The Kier molecular flexibility index (Phi) is 6.67. The maximum atomic E-state index is 12.0. The van der Waals surface area contributed by atoms with Crippen LogP contribution in [0.3, 0.4) is 0 Å². The maximum Gasteiger partial charge on any atom is 0.331 e. The summed E-state index contributed by atoms with van der Waals surface area (Å²) in [4.78, 5) is 35.1. The van der Waals surface area contributed by atoms with Crippen LogP contribution in [0.1, 0.15) is 16.0 Å². The average molecular weight is 390 g/mol. The van der Waals surface area contributed by atoms with Crippen molar-refractivity contribution in [1.29, 1.82) is 0 Å². The van der Waals surface area contributed by atoms with Gasteiger partial charge in [0.1, 0.15) is 0 Å². The predicted octanol–water partition coefficient (Wildman–Crippen LogP) is 3.48. The Labute approximate surface area is 159 Å². The molecule has 0 spiro atoms. The summed E-state index contributed by atoms with van der Waals surface area (Å²) in [6.07, 6.45) is 2.89. The molecule has 142 valence electrons. The topological polar surface area (TPSA) is 108 Å². The van der Waals surface area contributed by atoms with E-state index in [9.17, 15) is 19.7 Å². The normalized spacial score (nSPS) is 10.6. The molecule has 0 fully saturated rings. The average Bonchev–Trinajstić information content (AvgIpc) is 3.04. The lowest BCUT2D eigenvalue weighted by atomic mass is 10.1. The Bertz CT molecular complexity index is 903. The van der Waals surface area contributed by atoms with Crippen molar-refractivity contribution in [3.8, 4) is 5.75 Å². The number of nitrogens with one attached hydrogen (secondary N) is 1. The van der Waals surface area contributed by atoms with Gasteiger partial charge < -0.3 is 14.8 Å². The van der Waals surface area contributed by atoms with Crippen molar-refractivity contribution in [2.24, 2.45) is 0 Å². The first kappa shape index (κ1) is 20.1. The number of thiophene rings is 1. The van der Waals surface area contributed by atoms with E-state index in [0.717, 1.165) is 10.4 Å². The van der Waals surface area contributed by atoms with Crippen LogP contribution in [-0.2, 0) is 14.3 Å². The SMILES string of the molecule is COc1cc(NC(=O)COC(=O)/C=C/c2sccc2C)c(C)cc1[N+](=O)[O-]. The number of amides is 1. The first-order chi connectivity index (χ1) is 12.8. The third kappa shape index (κ3) is 5.38. The minimum atomic E-state index is -0.643. The first-order valence-corrected chi connectivity index (χ1v) is 8.71. The van der Waals surface area contributed by atoms with Crippen LogP contribution in [0.4, 0.5) is 11.4 Å². The zero-order valence-electron chi connectivity index (χ0n) is 15.0. The van der Waals surface area contributed by atoms with E-state index in [0.29, 0.717) is 11.3 Å². The van der Waals surface area contributed by atoms with Gasteiger partial charge in [-0.3, -0.25) is 14.9 Å². The molecule has 0 aliphatic carbocycles. The molecule has 9 heteroatoms. The lowest BCUT2D eigenvalue weighted by Gasteiger charge is -2.10. The Morgan fingerprint density at radius 1 is 1.30 bits per heavy atom. The standard InChI is InChI=1S/C18H18N2O6S/c1-11-6-7-27-16(11)4-5-18(22)26-10-17(21)19-13-9-15(25-3)14(20(23)24)8-12(13)2/h4-9H,10H2,1-3H3,(H,19,21)/b5-4+. The second-order valence-electron chi connectivity index (χ2n) is 5.55. The van der Waals surface area contributed by atoms with Crippen LogP contribution in [0.5, 0.6) is 5.75 Å². The van der Waals surface area contributed by atoms with Gasteiger partial charge in [-0.15, -0.1) is 11.3 Å². The zero-order chi connectivity index (χ0) is 20.0. The lowest BCUT2D eigenvalue weighted by molar-refractivity contribution is -0.385. The molecule has 0 atom stereocenters. The smallest absolute Gasteiger partial charge is 0.331 e. The zero-order valence-corrected chi connectivity index (χ0v) is 15.8. The van der Waals surface area contributed by atoms with Gasteiger partial charge in [-0.05, 0) is 42.5 Å². The number of nitro groups is 1. The highest BCUT2D eigenvalue weighted by atomic mass is 32.1. The van der Waals surface area contributed by atoms with Crippen molar-refractivity contribution in [3.05, 3.63) is 55.8 Å². The fourth-order valence-corrected chi connectivity index (χ4v) is 3.00. The number of carbonyl (C=O) groups is 2. The monoisotopic (exact) mass is 390 g/mol. The number of ether oxygens (including phenoxy) is 2. The van der Waals surface area contributed by atoms with Gasteiger partial charge in [0.25, 0.3) is 5.91 Å². The molecule has 0 bridgehead atoms. The molecule has 2 aromatic rings. The van der Waals surface area contributed by atoms with Crippen LogP contribution in [0.2, 0.25) is 0 Å². The van der Waals surface area contributed by atoms with Crippen molar-refractivity contribution in [2.75, 3.05) is 19.0 Å². The largest absolute Gasteiger partial charge is 0.490 e. The Hall–Kier alpha value is -3.20. The lowest BCUT2D eigenvalue weighted by Crippen LogP contribution is -2.20. The summed E-state index contributed by atoms with van der Waals surface area (Å²) in [6.45, 7) is 3.06. The molecule has 0 saturated carbocycles. The fourth-order valence-electron chi connectivity index (χ4n) is 2.18. The number of anilines is 1. The van der Waals surface area contributed by atoms with E-state index < -0.39 is 23.4 Å². The molecule has 1 heterocycles. The minimum Gasteiger partial charge on any atom is -0.490 e. The highest BCUT2D eigenvalue weighted by Crippen LogP contribution is 2.32. The molecule has 8 nitrogen and oxygen atoms in total. The Morgan fingerprint density at radius 3 is 2.63 bits per heavy atom. The number of benzene rings is 1. The van der Waals surface area contributed by atoms with E-state index in [4.69, 9.17) is 9.47 Å². The van der Waals surface area contributed by atoms with Crippen molar-refractivity contribution in [3.63, 3.8) is 0 Å². The molecule has 1 aromatic heterocycles. The molecule has 0 radical (unpaired) electrons. The van der Waals surface area contributed by atoms with E-state index in [1.165, 1.54) is 36.7 Å². The molecule has 1 aromatic carbocycles. The van der Waals surface area contributed by atoms with Crippen molar-refractivity contribution in [1.82, 2.24) is 0 Å². The number of carbonyl (C=O) groups excluding carboxylic acids is 2. The van der Waals surface area contributed by atoms with Gasteiger partial charge >= 0.3 is 11.7 Å². The number of nitro benzene ring substituents is 1. The molecule has 27 heavy (non-hydrogen) atoms. The first-order valence-electron chi connectivity index (χ1n) is 7.83. The van der Waals surface area contributed by atoms with Crippen LogP contribution in [0.15, 0.2) is 29.7 Å². The van der Waals surface area contributed by atoms with Crippen molar-refractivity contribution in [2.45, 2.75) is 13.8 Å². The molecular formula is C18H18N2O6S. The van der Waals surface area contributed by atoms with Crippen LogP contribution < -0.4 is 10.1 Å². The maximum absolute atomic E-state index is 12.0. The summed E-state index contributed by atoms with van der Waals surface area (Å²) in [5.74, 6) is -1.19. The second-order valence-corrected chi connectivity index (χ2v) is 6.50. The van der Waals surface area contributed by atoms with Gasteiger partial charge in [-0.1, -0.05) is 0 Å². The third-order valence-corrected chi connectivity index (χ3v) is 4.60. The van der Waals surface area contributed by atoms with Crippen LogP contribution in [0.25, 0.3) is 6.08 Å². The molecule has 1 N–H and O–H groups in total. The van der Waals surface area contributed by atoms with E-state index in [1.807, 2.05) is 18.4 Å². The molecule has 0 unspecified atom stereocenters. The second kappa shape index (κ2) is 8.95. The number of nitrogens with zero attached hydrogens (tertiary/aromatic N) is 1. The summed E-state index contributed by atoms with van der Waals surface area (Å²) < 4.78 is 9.87. The van der Waals surface area contributed by atoms with Gasteiger partial charge in [0, 0.05) is 28.8 Å². The van der Waals surface area contributed by atoms with Crippen molar-refractivity contribution >= 4 is 40.7 Å². The van der Waals surface area contributed by atoms with Gasteiger partial charge in [-0.25, -0.2) is 4.79 Å². The summed E-state index contributed by atoms with van der Waals surface area (Å²) >= 11 is 1.49. The van der Waals surface area contributed by atoms with Gasteiger partial charge in [-0.2, -0.15) is 0 Å². The molecule has 0 aliphatic rings. The van der Waals surface area contributed by atoms with E-state index in [1.54, 1.807) is 13.0 Å². The van der Waals surface area contributed by atoms with E-state index in [2.05, 4.69) is 5.32 Å². The minimum absolute atomic E-state index is 0.0205. The van der Waals surface area contributed by atoms with Gasteiger partial charge in [0.2, 0.25) is 0 Å². The Morgan fingerprint density at radius 2 is 2.04 bits per heavy atom. The fraction of sp³-hybridized carbons (Fsp3) is 0.222. The van der Waals surface area contributed by atoms with Crippen LogP contribution in [0, 0.1) is 24.0 Å². The van der Waals surface area contributed by atoms with Crippen LogP contribution >= 0.6 is 11.3 Å². The van der Waals surface area contributed by atoms with E-state index >= 15 is 0 Å². The predicted molar refractivity (Wildman–Crippen MR) is 102 cm³/mol. The number of esters is 1. The molecular weight excluding hydrogens is 372 g/mol. The molecule has 0 aliphatic heterocycles. The van der Waals surface area contributed by atoms with Crippen molar-refractivity contribution < 1.29 is 24.0 Å². The number of hydrogen-bond donors (Lipinski definition) is 1. The summed E-state index contributed by atoms with van der Waals surface area (Å²) in [5.41, 5.74) is 1.66. The summed E-state index contributed by atoms with van der Waals surface area (Å²) in [7, 11) is 1.30. The third-order valence-electron chi connectivity index (χ3n) is 3.61. The molecule has 1 amide bonds. The number of hydrogen-bond acceptors (Lipinski definition) is 7. The highest BCUT2D eigenvalue weighted by Gasteiger charge is 2.18. The van der Waals surface area contributed by atoms with E-state index in [-0.39, 0.29) is 11.4 Å². The summed E-state index contributed by atoms with van der Waals surface area (Å²) in [5, 5.41) is 15.4. The van der Waals surface area contributed by atoms with Crippen LogP contribution in [-0.4, -0.2) is 30.5 Å². The van der Waals surface area contributed by atoms with Gasteiger partial charge in [0.15, 0.2) is 12.4 Å². The molecule has 0 saturated heterocycles. The number of rotatable bonds is 7. The Balaban J connectivity index is 1.95. The highest BCUT2D eigenvalue weighted by molar-refractivity contribution is 7.11. The molecule has 2 rings (SSSR count). The van der Waals surface area contributed by atoms with Gasteiger partial charge in [0.05, 0.1) is 12.0 Å². The number of aryl methyl sites for hydroxylation is 2. The number of methoxy groups -OCH3 is 1. The quantitative estimate of drug-likeness (QED) is 0.336.